The van der Waals surface area contributed by atoms with Gasteiger partial charge in [-0.25, -0.2) is 9.97 Å². The molecule has 1 rings (SSSR count). The Morgan fingerprint density at radius 1 is 1.50 bits per heavy atom. The van der Waals surface area contributed by atoms with Gasteiger partial charge < -0.3 is 4.90 Å². The number of nitrogens with zero attached hydrogens (tertiary/aromatic N) is 3. The second kappa shape index (κ2) is 5.15. The molecule has 0 fully saturated rings. The molecule has 0 aromatic carbocycles. The highest BCUT2D eigenvalue weighted by molar-refractivity contribution is 6.18. The molecular formula is C10H16ClN3. The summed E-state index contributed by atoms with van der Waals surface area (Å²) in [6.45, 7) is 6.96. The Morgan fingerprint density at radius 3 is 2.71 bits per heavy atom. The van der Waals surface area contributed by atoms with E-state index in [4.69, 9.17) is 11.6 Å². The first-order valence-corrected chi connectivity index (χ1v) is 5.31. The SMILES string of the molecule is Cc1nccc(N(CCCl)C(C)C)n1. The van der Waals surface area contributed by atoms with E-state index in [0.717, 1.165) is 18.2 Å². The van der Waals surface area contributed by atoms with Crippen molar-refractivity contribution in [2.75, 3.05) is 17.3 Å². The third-order valence-corrected chi connectivity index (χ3v) is 2.17. The minimum atomic E-state index is 0.406. The Bertz CT molecular complexity index is 288. The topological polar surface area (TPSA) is 29.0 Å². The molecule has 0 N–H and O–H groups in total. The Hall–Kier alpha value is -0.830. The first-order valence-electron chi connectivity index (χ1n) is 4.77. The van der Waals surface area contributed by atoms with Gasteiger partial charge in [-0.1, -0.05) is 0 Å². The number of rotatable bonds is 4. The monoisotopic (exact) mass is 213 g/mol. The first-order chi connectivity index (χ1) is 6.65. The van der Waals surface area contributed by atoms with Crippen molar-refractivity contribution in [2.24, 2.45) is 0 Å². The molecule has 0 aliphatic rings. The number of hydrogen-bond donors (Lipinski definition) is 0. The normalized spacial score (nSPS) is 10.6. The lowest BCUT2D eigenvalue weighted by molar-refractivity contribution is 0.692. The zero-order valence-corrected chi connectivity index (χ0v) is 9.62. The molecule has 0 saturated carbocycles. The molecular weight excluding hydrogens is 198 g/mol. The Morgan fingerprint density at radius 2 is 2.21 bits per heavy atom. The highest BCUT2D eigenvalue weighted by Crippen LogP contribution is 2.13. The second-order valence-electron chi connectivity index (χ2n) is 3.44. The summed E-state index contributed by atoms with van der Waals surface area (Å²) in [6.07, 6.45) is 1.78. The van der Waals surface area contributed by atoms with Crippen LogP contribution in [-0.4, -0.2) is 28.4 Å². The van der Waals surface area contributed by atoms with Crippen LogP contribution in [0.5, 0.6) is 0 Å². The average molecular weight is 214 g/mol. The van der Waals surface area contributed by atoms with Crippen molar-refractivity contribution in [3.05, 3.63) is 18.1 Å². The molecule has 0 spiro atoms. The lowest BCUT2D eigenvalue weighted by Crippen LogP contribution is -2.33. The molecule has 0 bridgehead atoms. The predicted molar refractivity (Wildman–Crippen MR) is 60.0 cm³/mol. The summed E-state index contributed by atoms with van der Waals surface area (Å²) < 4.78 is 0. The van der Waals surface area contributed by atoms with E-state index in [2.05, 4.69) is 28.7 Å². The smallest absolute Gasteiger partial charge is 0.132 e. The van der Waals surface area contributed by atoms with Crippen LogP contribution in [0.3, 0.4) is 0 Å². The molecule has 14 heavy (non-hydrogen) atoms. The molecule has 1 aromatic heterocycles. The van der Waals surface area contributed by atoms with E-state index in [1.807, 2.05) is 13.0 Å². The van der Waals surface area contributed by atoms with Gasteiger partial charge in [-0.3, -0.25) is 0 Å². The molecule has 78 valence electrons. The predicted octanol–water partition coefficient (Wildman–Crippen LogP) is 2.24. The van der Waals surface area contributed by atoms with Gasteiger partial charge in [-0.2, -0.15) is 0 Å². The Labute approximate surface area is 90.1 Å². The van der Waals surface area contributed by atoms with Gasteiger partial charge in [0.25, 0.3) is 0 Å². The lowest BCUT2D eigenvalue weighted by Gasteiger charge is -2.26. The van der Waals surface area contributed by atoms with Crippen LogP contribution in [0.15, 0.2) is 12.3 Å². The van der Waals surface area contributed by atoms with E-state index < -0.39 is 0 Å². The summed E-state index contributed by atoms with van der Waals surface area (Å²) in [5, 5.41) is 0. The summed E-state index contributed by atoms with van der Waals surface area (Å²) in [7, 11) is 0. The largest absolute Gasteiger partial charge is 0.353 e. The minimum Gasteiger partial charge on any atom is -0.353 e. The quantitative estimate of drug-likeness (QED) is 0.719. The lowest BCUT2D eigenvalue weighted by atomic mass is 10.3. The van der Waals surface area contributed by atoms with E-state index in [0.29, 0.717) is 11.9 Å². The molecule has 0 saturated heterocycles. The van der Waals surface area contributed by atoms with Crippen LogP contribution >= 0.6 is 11.6 Å². The number of alkyl halides is 1. The van der Waals surface area contributed by atoms with Gasteiger partial charge in [0.05, 0.1) is 0 Å². The Balaban J connectivity index is 2.87. The van der Waals surface area contributed by atoms with Crippen LogP contribution in [0.2, 0.25) is 0 Å². The summed E-state index contributed by atoms with van der Waals surface area (Å²) in [4.78, 5) is 10.6. The maximum atomic E-state index is 5.74. The summed E-state index contributed by atoms with van der Waals surface area (Å²) in [6, 6.07) is 2.32. The fourth-order valence-corrected chi connectivity index (χ4v) is 1.51. The molecule has 1 aromatic rings. The number of hydrogen-bond acceptors (Lipinski definition) is 3. The van der Waals surface area contributed by atoms with Crippen molar-refractivity contribution in [1.82, 2.24) is 9.97 Å². The molecule has 0 unspecified atom stereocenters. The zero-order chi connectivity index (χ0) is 10.6. The van der Waals surface area contributed by atoms with E-state index in [1.54, 1.807) is 6.20 Å². The molecule has 1 heterocycles. The van der Waals surface area contributed by atoms with Crippen molar-refractivity contribution in [3.8, 4) is 0 Å². The Kier molecular flexibility index (Phi) is 4.14. The molecule has 0 atom stereocenters. The van der Waals surface area contributed by atoms with Gasteiger partial charge in [0.1, 0.15) is 11.6 Å². The highest BCUT2D eigenvalue weighted by Gasteiger charge is 2.10. The molecule has 0 aliphatic heterocycles. The number of anilines is 1. The van der Waals surface area contributed by atoms with Gasteiger partial charge in [-0.15, -0.1) is 11.6 Å². The third kappa shape index (κ3) is 2.84. The van der Waals surface area contributed by atoms with Gasteiger partial charge in [0.15, 0.2) is 0 Å². The first kappa shape index (κ1) is 11.2. The van der Waals surface area contributed by atoms with E-state index in [9.17, 15) is 0 Å². The van der Waals surface area contributed by atoms with E-state index in [1.165, 1.54) is 0 Å². The summed E-state index contributed by atoms with van der Waals surface area (Å²) in [5.74, 6) is 2.36. The maximum absolute atomic E-state index is 5.74. The van der Waals surface area contributed by atoms with Crippen molar-refractivity contribution in [1.29, 1.82) is 0 Å². The van der Waals surface area contributed by atoms with Crippen LogP contribution in [0.25, 0.3) is 0 Å². The van der Waals surface area contributed by atoms with Crippen LogP contribution in [0.1, 0.15) is 19.7 Å². The van der Waals surface area contributed by atoms with Crippen molar-refractivity contribution >= 4 is 17.4 Å². The van der Waals surface area contributed by atoms with Crippen LogP contribution in [0.4, 0.5) is 5.82 Å². The van der Waals surface area contributed by atoms with Gasteiger partial charge in [0, 0.05) is 24.7 Å². The highest BCUT2D eigenvalue weighted by atomic mass is 35.5. The number of halogens is 1. The molecule has 4 heteroatoms. The summed E-state index contributed by atoms with van der Waals surface area (Å²) >= 11 is 5.74. The molecule has 0 aliphatic carbocycles. The summed E-state index contributed by atoms with van der Waals surface area (Å²) in [5.41, 5.74) is 0. The van der Waals surface area contributed by atoms with Gasteiger partial charge >= 0.3 is 0 Å². The van der Waals surface area contributed by atoms with Crippen molar-refractivity contribution in [3.63, 3.8) is 0 Å². The minimum absolute atomic E-state index is 0.406. The second-order valence-corrected chi connectivity index (χ2v) is 3.82. The fraction of sp³-hybridized carbons (Fsp3) is 0.600. The van der Waals surface area contributed by atoms with Crippen molar-refractivity contribution < 1.29 is 0 Å². The third-order valence-electron chi connectivity index (χ3n) is 2.00. The van der Waals surface area contributed by atoms with Crippen molar-refractivity contribution in [2.45, 2.75) is 26.8 Å². The number of aromatic nitrogens is 2. The van der Waals surface area contributed by atoms with E-state index in [-0.39, 0.29) is 0 Å². The van der Waals surface area contributed by atoms with Gasteiger partial charge in [0.2, 0.25) is 0 Å². The van der Waals surface area contributed by atoms with Crippen LogP contribution < -0.4 is 4.90 Å². The standard InChI is InChI=1S/C10H16ClN3/c1-8(2)14(7-5-11)10-4-6-12-9(3)13-10/h4,6,8H,5,7H2,1-3H3. The van der Waals surface area contributed by atoms with Gasteiger partial charge in [-0.05, 0) is 26.8 Å². The fourth-order valence-electron chi connectivity index (χ4n) is 1.33. The number of aryl methyl sites for hydroxylation is 1. The molecule has 0 radical (unpaired) electrons. The molecule has 0 amide bonds. The van der Waals surface area contributed by atoms with E-state index >= 15 is 0 Å². The molecule has 3 nitrogen and oxygen atoms in total. The van der Waals surface area contributed by atoms with Crippen LogP contribution in [0, 0.1) is 6.92 Å². The zero-order valence-electron chi connectivity index (χ0n) is 8.87. The van der Waals surface area contributed by atoms with Crippen LogP contribution in [-0.2, 0) is 0 Å². The average Bonchev–Trinajstić information content (AvgIpc) is 2.13. The maximum Gasteiger partial charge on any atom is 0.132 e.